The van der Waals surface area contributed by atoms with Crippen molar-refractivity contribution in [2.45, 2.75) is 25.5 Å². The van der Waals surface area contributed by atoms with Gasteiger partial charge in [0, 0.05) is 53.2 Å². The Morgan fingerprint density at radius 1 is 1.11 bits per heavy atom. The van der Waals surface area contributed by atoms with Crippen molar-refractivity contribution in [1.29, 1.82) is 0 Å². The number of aromatic nitrogens is 1. The van der Waals surface area contributed by atoms with Crippen molar-refractivity contribution in [1.82, 2.24) is 9.88 Å². The summed E-state index contributed by atoms with van der Waals surface area (Å²) in [6.45, 7) is 2.35. The van der Waals surface area contributed by atoms with Crippen LogP contribution < -0.4 is 5.32 Å². The number of likely N-dealkylation sites (tertiary alicyclic amines) is 1. The lowest BCUT2D eigenvalue weighted by Gasteiger charge is -2.29. The molecule has 27 heavy (non-hydrogen) atoms. The quantitative estimate of drug-likeness (QED) is 0.586. The predicted octanol–water partition coefficient (Wildman–Crippen LogP) is 4.29. The molecule has 1 fully saturated rings. The number of aliphatic hydroxyl groups excluding tert-OH is 1. The van der Waals surface area contributed by atoms with E-state index in [9.17, 15) is 10.2 Å². The maximum atomic E-state index is 10.3. The smallest absolute Gasteiger partial charge is 0.120 e. The summed E-state index contributed by atoms with van der Waals surface area (Å²) in [6.07, 6.45) is 3.12. The van der Waals surface area contributed by atoms with E-state index in [0.717, 1.165) is 53.8 Å². The Labute approximate surface area is 163 Å². The predicted molar refractivity (Wildman–Crippen MR) is 109 cm³/mol. The topological polar surface area (TPSA) is 68.6 Å². The van der Waals surface area contributed by atoms with Gasteiger partial charge >= 0.3 is 0 Å². The molecule has 0 radical (unpaired) electrons. The summed E-state index contributed by atoms with van der Waals surface area (Å²) in [5.74, 6) is 0.290. The molecule has 3 N–H and O–H groups in total. The van der Waals surface area contributed by atoms with Crippen LogP contribution >= 0.6 is 11.6 Å². The van der Waals surface area contributed by atoms with Crippen LogP contribution in [0.25, 0.3) is 10.9 Å². The van der Waals surface area contributed by atoms with Crippen LogP contribution in [0.3, 0.4) is 0 Å². The van der Waals surface area contributed by atoms with Gasteiger partial charge in [-0.1, -0.05) is 11.6 Å². The Kier molecular flexibility index (Phi) is 5.16. The summed E-state index contributed by atoms with van der Waals surface area (Å²) in [7, 11) is 0. The van der Waals surface area contributed by atoms with Gasteiger partial charge in [0.05, 0.1) is 11.6 Å². The number of anilines is 2. The van der Waals surface area contributed by atoms with Crippen LogP contribution in [0.15, 0.2) is 48.7 Å². The van der Waals surface area contributed by atoms with Crippen LogP contribution in [0, 0.1) is 0 Å². The number of hydrogen-bond donors (Lipinski definition) is 3. The number of halogens is 1. The number of pyridine rings is 1. The number of aromatic hydroxyl groups is 1. The average Bonchev–Trinajstić information content (AvgIpc) is 2.66. The van der Waals surface area contributed by atoms with Crippen molar-refractivity contribution in [2.24, 2.45) is 0 Å². The van der Waals surface area contributed by atoms with Gasteiger partial charge in [0.1, 0.15) is 5.75 Å². The van der Waals surface area contributed by atoms with Gasteiger partial charge in [-0.15, -0.1) is 0 Å². The van der Waals surface area contributed by atoms with Crippen LogP contribution in [0.1, 0.15) is 18.4 Å². The fourth-order valence-electron chi connectivity index (χ4n) is 3.49. The highest BCUT2D eigenvalue weighted by Gasteiger charge is 2.18. The van der Waals surface area contributed by atoms with E-state index in [2.05, 4.69) is 15.2 Å². The summed E-state index contributed by atoms with van der Waals surface area (Å²) in [5.41, 5.74) is 3.55. The number of hydrogen-bond acceptors (Lipinski definition) is 5. The molecular formula is C21H22ClN3O2. The highest BCUT2D eigenvalue weighted by molar-refractivity contribution is 6.31. The van der Waals surface area contributed by atoms with E-state index < -0.39 is 0 Å². The Morgan fingerprint density at radius 3 is 2.74 bits per heavy atom. The van der Waals surface area contributed by atoms with Gasteiger partial charge in [0.15, 0.2) is 0 Å². The Bertz CT molecular complexity index is 955. The van der Waals surface area contributed by atoms with Gasteiger partial charge in [0.25, 0.3) is 0 Å². The minimum atomic E-state index is -0.198. The van der Waals surface area contributed by atoms with Gasteiger partial charge < -0.3 is 15.5 Å². The second-order valence-corrected chi connectivity index (χ2v) is 7.43. The summed E-state index contributed by atoms with van der Waals surface area (Å²) < 4.78 is 0. The average molecular weight is 384 g/mol. The molecule has 0 aliphatic carbocycles. The third-order valence-corrected chi connectivity index (χ3v) is 5.25. The number of phenols is 1. The van der Waals surface area contributed by atoms with Gasteiger partial charge in [-0.25, -0.2) is 0 Å². The lowest BCUT2D eigenvalue weighted by Crippen LogP contribution is -2.35. The molecule has 5 nitrogen and oxygen atoms in total. The van der Waals surface area contributed by atoms with Crippen molar-refractivity contribution in [3.8, 4) is 5.75 Å². The minimum absolute atomic E-state index is 0.198. The zero-order chi connectivity index (χ0) is 18.8. The monoisotopic (exact) mass is 383 g/mol. The van der Waals surface area contributed by atoms with Crippen molar-refractivity contribution >= 4 is 33.9 Å². The summed E-state index contributed by atoms with van der Waals surface area (Å²) in [4.78, 5) is 6.63. The number of phenolic OH excluding ortho intramolecular Hbond substituents is 1. The molecule has 2 aromatic carbocycles. The lowest BCUT2D eigenvalue weighted by molar-refractivity contribution is 0.0789. The Balaban J connectivity index is 1.56. The number of piperidine rings is 1. The van der Waals surface area contributed by atoms with E-state index in [-0.39, 0.29) is 11.9 Å². The maximum absolute atomic E-state index is 10.3. The van der Waals surface area contributed by atoms with E-state index >= 15 is 0 Å². The molecule has 0 saturated carbocycles. The zero-order valence-electron chi connectivity index (χ0n) is 14.9. The van der Waals surface area contributed by atoms with E-state index in [1.54, 1.807) is 12.3 Å². The fraction of sp³-hybridized carbons (Fsp3) is 0.286. The molecule has 0 unspecified atom stereocenters. The second-order valence-electron chi connectivity index (χ2n) is 7.00. The first-order valence-corrected chi connectivity index (χ1v) is 9.50. The zero-order valence-corrected chi connectivity index (χ0v) is 15.7. The van der Waals surface area contributed by atoms with Gasteiger partial charge in [-0.05, 0) is 55.3 Å². The molecule has 1 aliphatic heterocycles. The first-order valence-electron chi connectivity index (χ1n) is 9.12. The van der Waals surface area contributed by atoms with Gasteiger partial charge in [0.2, 0.25) is 0 Å². The molecule has 3 aromatic rings. The molecule has 4 rings (SSSR count). The SMILES string of the molecule is Oc1ccc(Nc2ccnc3cc(Cl)ccc23)cc1CN1CCC(O)CC1. The van der Waals surface area contributed by atoms with Crippen LogP contribution in [0.4, 0.5) is 11.4 Å². The Morgan fingerprint density at radius 2 is 1.93 bits per heavy atom. The van der Waals surface area contributed by atoms with Gasteiger partial charge in [-0.3, -0.25) is 9.88 Å². The Hall–Kier alpha value is -2.34. The summed E-state index contributed by atoms with van der Waals surface area (Å²) >= 11 is 6.06. The third-order valence-electron chi connectivity index (χ3n) is 5.01. The fourth-order valence-corrected chi connectivity index (χ4v) is 3.66. The molecule has 6 heteroatoms. The number of nitrogens with zero attached hydrogens (tertiary/aromatic N) is 2. The molecule has 0 spiro atoms. The standard InChI is InChI=1S/C21H22ClN3O2/c22-15-1-3-18-19(5-8-23-20(18)12-15)24-16-2-4-21(27)14(11-16)13-25-9-6-17(26)7-10-25/h1-5,8,11-12,17,26-27H,6-7,9-10,13H2,(H,23,24). The molecule has 0 atom stereocenters. The van der Waals surface area contributed by atoms with E-state index in [1.807, 2.05) is 36.4 Å². The molecular weight excluding hydrogens is 362 g/mol. The first kappa shape index (κ1) is 18.0. The highest BCUT2D eigenvalue weighted by atomic mass is 35.5. The first-order chi connectivity index (χ1) is 13.1. The normalized spacial score (nSPS) is 15.9. The summed E-state index contributed by atoms with van der Waals surface area (Å²) in [5, 5.41) is 25.0. The van der Waals surface area contributed by atoms with E-state index in [1.165, 1.54) is 0 Å². The molecule has 1 aliphatic rings. The van der Waals surface area contributed by atoms with Crippen LogP contribution in [-0.2, 0) is 6.54 Å². The van der Waals surface area contributed by atoms with Crippen LogP contribution in [-0.4, -0.2) is 39.3 Å². The van der Waals surface area contributed by atoms with Gasteiger partial charge in [-0.2, -0.15) is 0 Å². The van der Waals surface area contributed by atoms with Crippen molar-refractivity contribution in [3.63, 3.8) is 0 Å². The lowest BCUT2D eigenvalue weighted by atomic mass is 10.1. The van der Waals surface area contributed by atoms with Crippen molar-refractivity contribution < 1.29 is 10.2 Å². The van der Waals surface area contributed by atoms with E-state index in [0.29, 0.717) is 11.6 Å². The molecule has 1 saturated heterocycles. The van der Waals surface area contributed by atoms with Crippen molar-refractivity contribution in [3.05, 3.63) is 59.2 Å². The maximum Gasteiger partial charge on any atom is 0.120 e. The summed E-state index contributed by atoms with van der Waals surface area (Å²) in [6, 6.07) is 13.1. The van der Waals surface area contributed by atoms with Crippen LogP contribution in [0.2, 0.25) is 5.02 Å². The number of benzene rings is 2. The second kappa shape index (κ2) is 7.72. The molecule has 140 valence electrons. The minimum Gasteiger partial charge on any atom is -0.508 e. The molecule has 1 aromatic heterocycles. The van der Waals surface area contributed by atoms with Crippen LogP contribution in [0.5, 0.6) is 5.75 Å². The molecule has 0 amide bonds. The molecule has 2 heterocycles. The number of nitrogens with one attached hydrogen (secondary N) is 1. The molecule has 0 bridgehead atoms. The third kappa shape index (κ3) is 4.16. The highest BCUT2D eigenvalue weighted by Crippen LogP contribution is 2.30. The van der Waals surface area contributed by atoms with Crippen molar-refractivity contribution in [2.75, 3.05) is 18.4 Å². The largest absolute Gasteiger partial charge is 0.508 e. The number of rotatable bonds is 4. The number of aliphatic hydroxyl groups is 1. The number of fused-ring (bicyclic) bond motifs is 1. The van der Waals surface area contributed by atoms with E-state index in [4.69, 9.17) is 11.6 Å².